The molecule has 0 nitrogen and oxygen atoms in total. The molecule has 0 aromatic rings. The first kappa shape index (κ1) is 10.1. The van der Waals surface area contributed by atoms with E-state index in [0.29, 0.717) is 0 Å². The van der Waals surface area contributed by atoms with Crippen LogP contribution in [0, 0.1) is 0 Å². The van der Waals surface area contributed by atoms with E-state index in [9.17, 15) is 26.3 Å². The Morgan fingerprint density at radius 2 is 1.27 bits per heavy atom. The first-order valence-electron chi connectivity index (χ1n) is 2.32. The Balaban J connectivity index is 4.75. The molecule has 0 amide bonds. The molecule has 0 spiro atoms. The summed E-state index contributed by atoms with van der Waals surface area (Å²) in [6, 6.07) is 0. The zero-order valence-corrected chi connectivity index (χ0v) is 4.97. The Kier molecular flexibility index (Phi) is 3.70. The highest BCUT2D eigenvalue weighted by Crippen LogP contribution is 2.23. The van der Waals surface area contributed by atoms with Crippen molar-refractivity contribution in [3.63, 3.8) is 0 Å². The number of allylic oxidation sites excluding steroid dienone is 3. The highest BCUT2D eigenvalue weighted by molar-refractivity contribution is 5.22. The fourth-order valence-electron chi connectivity index (χ4n) is 0.261. The number of hydrogen-bond donors (Lipinski definition) is 0. The van der Waals surface area contributed by atoms with Crippen molar-refractivity contribution in [2.45, 2.75) is 0 Å². The van der Waals surface area contributed by atoms with E-state index in [2.05, 4.69) is 0 Å². The van der Waals surface area contributed by atoms with Crippen LogP contribution in [0.2, 0.25) is 0 Å². The zero-order valence-electron chi connectivity index (χ0n) is 4.97. The minimum absolute atomic E-state index is 1.95. The molecule has 0 bridgehead atoms. The summed E-state index contributed by atoms with van der Waals surface area (Å²) < 4.78 is 68.5. The molecule has 0 N–H and O–H groups in total. The molecule has 0 saturated carbocycles. The van der Waals surface area contributed by atoms with Gasteiger partial charge < -0.3 is 0 Å². The summed E-state index contributed by atoms with van der Waals surface area (Å²) in [7, 11) is 0. The van der Waals surface area contributed by atoms with Crippen LogP contribution in [0.4, 0.5) is 26.3 Å². The largest absolute Gasteiger partial charge is 0.308 e. The van der Waals surface area contributed by atoms with Gasteiger partial charge in [-0.15, -0.1) is 0 Å². The summed E-state index contributed by atoms with van der Waals surface area (Å²) in [5.41, 5.74) is 0. The average Bonchev–Trinajstić information content (AvgIpc) is 2.00. The quantitative estimate of drug-likeness (QED) is 0.447. The van der Waals surface area contributed by atoms with Crippen LogP contribution in [0.15, 0.2) is 23.6 Å². The molecular weight excluding hydrogens is 174 g/mol. The fraction of sp³-hybridized carbons (Fsp3) is 0.200. The van der Waals surface area contributed by atoms with E-state index in [0.717, 1.165) is 0 Å². The Hall–Kier alpha value is -0.940. The number of hydrogen-bond acceptors (Lipinski definition) is 0. The van der Waals surface area contributed by atoms with Crippen molar-refractivity contribution in [3.05, 3.63) is 23.6 Å². The highest BCUT2D eigenvalue weighted by Gasteiger charge is 2.16. The predicted molar refractivity (Wildman–Crippen MR) is 25.6 cm³/mol. The van der Waals surface area contributed by atoms with Crippen molar-refractivity contribution in [3.8, 4) is 0 Å². The van der Waals surface area contributed by atoms with E-state index in [-0.39, 0.29) is 0 Å². The third-order valence-corrected chi connectivity index (χ3v) is 0.714. The molecule has 6 heteroatoms. The number of rotatable bonds is 2. The fourth-order valence-corrected chi connectivity index (χ4v) is 0.261. The third kappa shape index (κ3) is 2.65. The van der Waals surface area contributed by atoms with Gasteiger partial charge in [0.15, 0.2) is 11.7 Å². The van der Waals surface area contributed by atoms with E-state index in [1.807, 2.05) is 0 Å². The van der Waals surface area contributed by atoms with Gasteiger partial charge in [0.2, 0.25) is 5.83 Å². The minimum atomic E-state index is -3.02. The van der Waals surface area contributed by atoms with Gasteiger partial charge in [-0.2, -0.15) is 13.2 Å². The monoisotopic (exact) mass is 176 g/mol. The maximum atomic E-state index is 11.8. The summed E-state index contributed by atoms with van der Waals surface area (Å²) >= 11 is 0. The van der Waals surface area contributed by atoms with E-state index in [4.69, 9.17) is 0 Å². The van der Waals surface area contributed by atoms with Crippen molar-refractivity contribution in [2.24, 2.45) is 0 Å². The maximum absolute atomic E-state index is 11.8. The summed E-state index contributed by atoms with van der Waals surface area (Å²) in [6.07, 6.45) is -3.02. The van der Waals surface area contributed by atoms with Gasteiger partial charge in [-0.25, -0.2) is 13.2 Å². The van der Waals surface area contributed by atoms with Crippen LogP contribution in [0.3, 0.4) is 0 Å². The molecule has 0 atom stereocenters. The Morgan fingerprint density at radius 3 is 1.55 bits per heavy atom. The molecule has 0 aromatic carbocycles. The molecule has 0 unspecified atom stereocenters. The molecule has 0 saturated heterocycles. The van der Waals surface area contributed by atoms with Crippen molar-refractivity contribution < 1.29 is 26.3 Å². The van der Waals surface area contributed by atoms with Gasteiger partial charge in [-0.1, -0.05) is 0 Å². The van der Waals surface area contributed by atoms with Gasteiger partial charge >= 0.3 is 6.08 Å². The second kappa shape index (κ2) is 4.05. The molecule has 0 aliphatic heterocycles. The van der Waals surface area contributed by atoms with Crippen LogP contribution in [0.5, 0.6) is 0 Å². The molecular formula is C5H2F6. The Labute approximate surface area is 57.8 Å². The lowest BCUT2D eigenvalue weighted by atomic mass is 10.4. The predicted octanol–water partition coefficient (Wildman–Crippen LogP) is 3.18. The van der Waals surface area contributed by atoms with Crippen LogP contribution in [0.1, 0.15) is 0 Å². The van der Waals surface area contributed by atoms with Gasteiger partial charge in [0.05, 0.1) is 0 Å². The van der Waals surface area contributed by atoms with Gasteiger partial charge in [-0.05, 0) is 0 Å². The lowest BCUT2D eigenvalue weighted by Gasteiger charge is -1.91. The second-order valence-electron chi connectivity index (χ2n) is 1.43. The van der Waals surface area contributed by atoms with Crippen LogP contribution in [-0.4, -0.2) is 6.67 Å². The lowest BCUT2D eigenvalue weighted by molar-refractivity contribution is 0.359. The van der Waals surface area contributed by atoms with E-state index in [1.165, 1.54) is 0 Å². The molecule has 0 aliphatic carbocycles. The topological polar surface area (TPSA) is 0 Å². The molecule has 0 rings (SSSR count). The van der Waals surface area contributed by atoms with Crippen LogP contribution >= 0.6 is 0 Å². The number of halogens is 6. The summed E-state index contributed by atoms with van der Waals surface area (Å²) in [5.74, 6) is -7.34. The van der Waals surface area contributed by atoms with Gasteiger partial charge in [0, 0.05) is 0 Å². The average molecular weight is 176 g/mol. The van der Waals surface area contributed by atoms with Crippen molar-refractivity contribution >= 4 is 0 Å². The summed E-state index contributed by atoms with van der Waals surface area (Å²) in [6.45, 7) is -1.95. The SMILES string of the molecule is FC/C(F)=C(/F)C(F)=C(F)F. The molecule has 0 aliphatic rings. The van der Waals surface area contributed by atoms with E-state index in [1.54, 1.807) is 0 Å². The van der Waals surface area contributed by atoms with Crippen LogP contribution in [-0.2, 0) is 0 Å². The van der Waals surface area contributed by atoms with Crippen LogP contribution < -0.4 is 0 Å². The van der Waals surface area contributed by atoms with Gasteiger partial charge in [-0.3, -0.25) is 0 Å². The highest BCUT2D eigenvalue weighted by atomic mass is 19.3. The second-order valence-corrected chi connectivity index (χ2v) is 1.43. The standard InChI is InChI=1S/C5H2F6/c6-1-2(7)3(8)4(9)5(10)11/h1H2/b3-2-. The molecule has 0 heterocycles. The Bertz CT molecular complexity index is 199. The van der Waals surface area contributed by atoms with Crippen molar-refractivity contribution in [1.82, 2.24) is 0 Å². The molecule has 0 radical (unpaired) electrons. The van der Waals surface area contributed by atoms with E-state index >= 15 is 0 Å². The zero-order chi connectivity index (χ0) is 9.02. The van der Waals surface area contributed by atoms with Gasteiger partial charge in [0.25, 0.3) is 0 Å². The molecule has 11 heavy (non-hydrogen) atoms. The molecule has 64 valence electrons. The van der Waals surface area contributed by atoms with E-state index < -0.39 is 30.2 Å². The minimum Gasteiger partial charge on any atom is -0.243 e. The first-order valence-corrected chi connectivity index (χ1v) is 2.32. The first-order chi connectivity index (χ1) is 5.00. The normalized spacial score (nSPS) is 12.5. The van der Waals surface area contributed by atoms with Crippen molar-refractivity contribution in [2.75, 3.05) is 6.67 Å². The summed E-state index contributed by atoms with van der Waals surface area (Å²) in [4.78, 5) is 0. The third-order valence-electron chi connectivity index (χ3n) is 0.714. The summed E-state index contributed by atoms with van der Waals surface area (Å²) in [5, 5.41) is 0. The smallest absolute Gasteiger partial charge is 0.243 e. The maximum Gasteiger partial charge on any atom is 0.308 e. The van der Waals surface area contributed by atoms with Gasteiger partial charge in [0.1, 0.15) is 6.67 Å². The van der Waals surface area contributed by atoms with Crippen molar-refractivity contribution in [1.29, 1.82) is 0 Å². The molecule has 0 fully saturated rings. The molecule has 0 aromatic heterocycles. The number of alkyl halides is 1. The lowest BCUT2D eigenvalue weighted by Crippen LogP contribution is -1.85. The Morgan fingerprint density at radius 1 is 0.818 bits per heavy atom. The van der Waals surface area contributed by atoms with Crippen LogP contribution in [0.25, 0.3) is 0 Å².